The van der Waals surface area contributed by atoms with Crippen molar-refractivity contribution in [3.8, 4) is 5.69 Å². The molecule has 2 aromatic heterocycles. The maximum Gasteiger partial charge on any atom is 0.141 e. The van der Waals surface area contributed by atoms with Crippen molar-refractivity contribution in [2.24, 2.45) is 5.10 Å². The second kappa shape index (κ2) is 6.08. The van der Waals surface area contributed by atoms with E-state index in [1.165, 1.54) is 11.4 Å². The van der Waals surface area contributed by atoms with Gasteiger partial charge in [-0.2, -0.15) is 5.10 Å². The van der Waals surface area contributed by atoms with Crippen molar-refractivity contribution >= 4 is 11.9 Å². The Morgan fingerprint density at radius 3 is 2.30 bits per heavy atom. The minimum atomic E-state index is 1.08. The predicted octanol–water partition coefficient (Wildman–Crippen LogP) is 2.63. The zero-order valence-corrected chi connectivity index (χ0v) is 13.8. The van der Waals surface area contributed by atoms with Crippen LogP contribution in [-0.2, 0) is 0 Å². The number of benzene rings is 1. The Balaban J connectivity index is 1.94. The second-order valence-electron chi connectivity index (χ2n) is 5.66. The lowest BCUT2D eigenvalue weighted by Gasteiger charge is -2.14. The van der Waals surface area contributed by atoms with Crippen molar-refractivity contribution in [1.82, 2.24) is 19.4 Å². The van der Waals surface area contributed by atoms with Crippen molar-refractivity contribution in [3.05, 3.63) is 59.9 Å². The number of hydrogen-bond donors (Lipinski definition) is 0. The van der Waals surface area contributed by atoms with Crippen LogP contribution in [0.4, 0.5) is 5.69 Å². The number of hydrogen-bond acceptors (Lipinski definition) is 4. The average Bonchev–Trinajstić information content (AvgIpc) is 3.14. The third-order valence-electron chi connectivity index (χ3n) is 3.83. The van der Waals surface area contributed by atoms with Gasteiger partial charge in [-0.15, -0.1) is 10.2 Å². The third-order valence-corrected chi connectivity index (χ3v) is 3.83. The molecule has 0 radical (unpaired) electrons. The highest BCUT2D eigenvalue weighted by Crippen LogP contribution is 2.22. The highest BCUT2D eigenvalue weighted by molar-refractivity contribution is 5.82. The molecule has 0 unspecified atom stereocenters. The lowest BCUT2D eigenvalue weighted by Crippen LogP contribution is -2.08. The molecule has 0 amide bonds. The van der Waals surface area contributed by atoms with E-state index in [2.05, 4.69) is 68.9 Å². The van der Waals surface area contributed by atoms with Crippen LogP contribution in [0.15, 0.2) is 48.1 Å². The fraction of sp³-hybridized carbons (Fsp3) is 0.235. The molecule has 6 nitrogen and oxygen atoms in total. The summed E-state index contributed by atoms with van der Waals surface area (Å²) >= 11 is 0. The Morgan fingerprint density at radius 2 is 1.70 bits per heavy atom. The van der Waals surface area contributed by atoms with Gasteiger partial charge in [-0.3, -0.25) is 0 Å². The molecule has 0 aliphatic carbocycles. The zero-order chi connectivity index (χ0) is 16.4. The predicted molar refractivity (Wildman–Crippen MR) is 92.6 cm³/mol. The van der Waals surface area contributed by atoms with Gasteiger partial charge in [0.2, 0.25) is 0 Å². The highest BCUT2D eigenvalue weighted by atomic mass is 15.4. The SMILES string of the molecule is Cc1cc(/C=N\n2cnnc2)c(C)n1-c1ccc(N(C)C)cc1. The van der Waals surface area contributed by atoms with E-state index in [4.69, 9.17) is 0 Å². The zero-order valence-electron chi connectivity index (χ0n) is 13.8. The fourth-order valence-corrected chi connectivity index (χ4v) is 2.60. The van der Waals surface area contributed by atoms with Gasteiger partial charge in [-0.25, -0.2) is 4.68 Å². The lowest BCUT2D eigenvalue weighted by molar-refractivity contribution is 0.877. The van der Waals surface area contributed by atoms with Crippen molar-refractivity contribution in [2.75, 3.05) is 19.0 Å². The van der Waals surface area contributed by atoms with Crippen molar-refractivity contribution in [1.29, 1.82) is 0 Å². The first-order valence-corrected chi connectivity index (χ1v) is 7.42. The minimum absolute atomic E-state index is 1.08. The van der Waals surface area contributed by atoms with Crippen LogP contribution in [0.3, 0.4) is 0 Å². The topological polar surface area (TPSA) is 51.2 Å². The van der Waals surface area contributed by atoms with E-state index in [-0.39, 0.29) is 0 Å². The Labute approximate surface area is 135 Å². The maximum atomic E-state index is 4.33. The summed E-state index contributed by atoms with van der Waals surface area (Å²) in [6.07, 6.45) is 4.96. The summed E-state index contributed by atoms with van der Waals surface area (Å²) in [4.78, 5) is 2.09. The summed E-state index contributed by atoms with van der Waals surface area (Å²) in [6.45, 7) is 4.20. The largest absolute Gasteiger partial charge is 0.378 e. The number of aryl methyl sites for hydroxylation is 1. The van der Waals surface area contributed by atoms with Crippen LogP contribution in [0.5, 0.6) is 0 Å². The Morgan fingerprint density at radius 1 is 1.04 bits per heavy atom. The Bertz CT molecular complexity index is 810. The number of anilines is 1. The molecule has 0 saturated heterocycles. The fourth-order valence-electron chi connectivity index (χ4n) is 2.60. The van der Waals surface area contributed by atoms with Crippen LogP contribution in [-0.4, -0.2) is 39.8 Å². The molecule has 1 aromatic carbocycles. The van der Waals surface area contributed by atoms with E-state index in [1.807, 2.05) is 20.3 Å². The van der Waals surface area contributed by atoms with E-state index < -0.39 is 0 Å². The van der Waals surface area contributed by atoms with E-state index in [0.29, 0.717) is 0 Å². The van der Waals surface area contributed by atoms with Crippen molar-refractivity contribution < 1.29 is 0 Å². The molecular formula is C17H20N6. The van der Waals surface area contributed by atoms with Crippen LogP contribution < -0.4 is 4.90 Å². The summed E-state index contributed by atoms with van der Waals surface area (Å²) < 4.78 is 3.81. The molecule has 0 spiro atoms. The molecule has 0 bridgehead atoms. The molecule has 3 aromatic rings. The van der Waals surface area contributed by atoms with Crippen LogP contribution in [0.25, 0.3) is 5.69 Å². The quantitative estimate of drug-likeness (QED) is 0.696. The van der Waals surface area contributed by atoms with E-state index in [1.54, 1.807) is 17.3 Å². The molecule has 0 atom stereocenters. The molecule has 0 aliphatic rings. The van der Waals surface area contributed by atoms with Crippen LogP contribution >= 0.6 is 0 Å². The second-order valence-corrected chi connectivity index (χ2v) is 5.66. The maximum absolute atomic E-state index is 4.33. The minimum Gasteiger partial charge on any atom is -0.378 e. The molecule has 118 valence electrons. The van der Waals surface area contributed by atoms with Gasteiger partial charge >= 0.3 is 0 Å². The molecule has 6 heteroatoms. The number of rotatable bonds is 4. The van der Waals surface area contributed by atoms with Crippen molar-refractivity contribution in [3.63, 3.8) is 0 Å². The van der Waals surface area contributed by atoms with Gasteiger partial charge in [0, 0.05) is 42.4 Å². The number of aromatic nitrogens is 4. The first kappa shape index (κ1) is 15.0. The van der Waals surface area contributed by atoms with Gasteiger partial charge in [0.25, 0.3) is 0 Å². The molecule has 2 heterocycles. The number of nitrogens with zero attached hydrogens (tertiary/aromatic N) is 6. The third kappa shape index (κ3) is 3.01. The molecule has 3 rings (SSSR count). The lowest BCUT2D eigenvalue weighted by atomic mass is 10.2. The van der Waals surface area contributed by atoms with Gasteiger partial charge in [0.15, 0.2) is 0 Å². The summed E-state index contributed by atoms with van der Waals surface area (Å²) in [6, 6.07) is 10.6. The average molecular weight is 308 g/mol. The van der Waals surface area contributed by atoms with Crippen LogP contribution in [0.1, 0.15) is 17.0 Å². The Hall–Kier alpha value is -2.89. The Kier molecular flexibility index (Phi) is 3.97. The molecule has 0 N–H and O–H groups in total. The summed E-state index contributed by atoms with van der Waals surface area (Å²) in [5, 5.41) is 11.8. The first-order chi connectivity index (χ1) is 11.1. The van der Waals surface area contributed by atoms with Gasteiger partial charge in [0.1, 0.15) is 12.7 Å². The highest BCUT2D eigenvalue weighted by Gasteiger charge is 2.09. The van der Waals surface area contributed by atoms with E-state index in [9.17, 15) is 0 Å². The van der Waals surface area contributed by atoms with Gasteiger partial charge in [-0.1, -0.05) is 0 Å². The normalized spacial score (nSPS) is 11.3. The molecule has 0 aliphatic heterocycles. The summed E-state index contributed by atoms with van der Waals surface area (Å²) in [7, 11) is 4.08. The van der Waals surface area contributed by atoms with Gasteiger partial charge in [-0.05, 0) is 44.2 Å². The molecule has 0 saturated carbocycles. The molecule has 23 heavy (non-hydrogen) atoms. The monoisotopic (exact) mass is 308 g/mol. The summed E-state index contributed by atoms with van der Waals surface area (Å²) in [5.74, 6) is 0. The van der Waals surface area contributed by atoms with Crippen LogP contribution in [0.2, 0.25) is 0 Å². The van der Waals surface area contributed by atoms with E-state index in [0.717, 1.165) is 16.9 Å². The van der Waals surface area contributed by atoms with Crippen molar-refractivity contribution in [2.45, 2.75) is 13.8 Å². The first-order valence-electron chi connectivity index (χ1n) is 7.42. The van der Waals surface area contributed by atoms with Crippen LogP contribution in [0, 0.1) is 13.8 Å². The standard InChI is InChI=1S/C17H20N6/c1-13-9-15(10-20-22-11-18-19-12-22)14(2)23(13)17-7-5-16(6-8-17)21(3)4/h5-12H,1-4H3/b20-10-. The summed E-state index contributed by atoms with van der Waals surface area (Å²) in [5.41, 5.74) is 5.73. The molecular weight excluding hydrogens is 288 g/mol. The van der Waals surface area contributed by atoms with Gasteiger partial charge < -0.3 is 9.47 Å². The van der Waals surface area contributed by atoms with Gasteiger partial charge in [0.05, 0.1) is 6.21 Å². The molecule has 0 fully saturated rings. The smallest absolute Gasteiger partial charge is 0.141 e. The van der Waals surface area contributed by atoms with E-state index >= 15 is 0 Å².